The lowest BCUT2D eigenvalue weighted by molar-refractivity contribution is -0.310. The number of hydrogen-bond donors (Lipinski definition) is 11. The first-order valence-electron chi connectivity index (χ1n) is 21.3. The van der Waals surface area contributed by atoms with Crippen molar-refractivity contribution in [3.8, 4) is 0 Å². The summed E-state index contributed by atoms with van der Waals surface area (Å²) in [5.74, 6) is -1.92. The van der Waals surface area contributed by atoms with Crippen molar-refractivity contribution in [2.24, 2.45) is 16.9 Å². The summed E-state index contributed by atoms with van der Waals surface area (Å²) in [6, 6.07) is -4.49. The number of carbonyl (C=O) groups excluding carboxylic acids is 5. The fraction of sp³-hybridized carbons (Fsp3) is 0.829. The quantitative estimate of drug-likeness (QED) is 0.0839. The van der Waals surface area contributed by atoms with Crippen LogP contribution in [0.1, 0.15) is 88.5 Å². The molecule has 0 spiro atoms. The molecule has 13 atom stereocenters. The molecule has 2 heterocycles. The van der Waals surface area contributed by atoms with Gasteiger partial charge in [-0.3, -0.25) is 14.4 Å². The molecule has 2 fully saturated rings. The number of aliphatic hydroxyl groups excluding tert-OH is 4. The summed E-state index contributed by atoms with van der Waals surface area (Å²) in [4.78, 5) is 64.5. The Morgan fingerprint density at radius 2 is 1.42 bits per heavy atom. The number of nitrogens with zero attached hydrogens (tertiary/aromatic N) is 1. The van der Waals surface area contributed by atoms with Gasteiger partial charge in [-0.2, -0.15) is 0 Å². The predicted octanol–water partition coefficient (Wildman–Crippen LogP) is -2.09. The minimum Gasteiger partial charge on any atom is -0.466 e. The SMILES string of the molecule is CN(C(=O)OC(C)(C)C)[C@@H]1[C@@H](O)[C@@H](O[C@@H]2[C@@H](O)[C@H](O[C@H]3OC(CNC(=O)C(O)CNC(=O)CC(C)(C)C)=CC[C@H]3N)[C@@H](N)C[C@H]2NC(=O)[C@@H](O)CNC(=O)OC(C)(C)C)OC[C@]1(C)O. The lowest BCUT2D eigenvalue weighted by atomic mass is 9.83. The van der Waals surface area contributed by atoms with Crippen LogP contribution in [0.15, 0.2) is 11.8 Å². The molecule has 1 aliphatic carbocycles. The number of aliphatic hydroxyl groups is 5. The molecular formula is C41H73N7O16. The molecule has 5 amide bonds. The van der Waals surface area contributed by atoms with Crippen molar-refractivity contribution in [1.29, 1.82) is 0 Å². The minimum atomic E-state index is -1.83. The first-order valence-corrected chi connectivity index (χ1v) is 21.3. The molecule has 0 bridgehead atoms. The van der Waals surface area contributed by atoms with E-state index in [2.05, 4.69) is 21.3 Å². The van der Waals surface area contributed by atoms with Gasteiger partial charge in [0.15, 0.2) is 6.29 Å². The second-order valence-corrected chi connectivity index (χ2v) is 20.0. The fourth-order valence-electron chi connectivity index (χ4n) is 7.12. The van der Waals surface area contributed by atoms with Crippen LogP contribution in [0.3, 0.4) is 0 Å². The maximum atomic E-state index is 13.3. The Hall–Kier alpha value is -3.91. The van der Waals surface area contributed by atoms with Crippen LogP contribution in [0.5, 0.6) is 0 Å². The Labute approximate surface area is 374 Å². The van der Waals surface area contributed by atoms with E-state index in [0.717, 1.165) is 4.90 Å². The Morgan fingerprint density at radius 3 is 2.02 bits per heavy atom. The van der Waals surface area contributed by atoms with Gasteiger partial charge in [0.2, 0.25) is 12.2 Å². The summed E-state index contributed by atoms with van der Waals surface area (Å²) in [5, 5.41) is 65.9. The van der Waals surface area contributed by atoms with Crippen LogP contribution in [-0.2, 0) is 42.8 Å². The number of amides is 5. The zero-order valence-corrected chi connectivity index (χ0v) is 38.8. The molecule has 64 heavy (non-hydrogen) atoms. The Bertz CT molecular complexity index is 1650. The van der Waals surface area contributed by atoms with Crippen molar-refractivity contribution >= 4 is 29.9 Å². The molecule has 0 radical (unpaired) electrons. The average molecular weight is 920 g/mol. The zero-order valence-electron chi connectivity index (χ0n) is 38.8. The fourth-order valence-corrected chi connectivity index (χ4v) is 7.12. The minimum absolute atomic E-state index is 0.182. The van der Waals surface area contributed by atoms with Gasteiger partial charge in [-0.25, -0.2) is 9.59 Å². The van der Waals surface area contributed by atoms with Crippen molar-refractivity contribution < 1.29 is 77.9 Å². The van der Waals surface area contributed by atoms with Crippen LogP contribution >= 0.6 is 0 Å². The molecule has 1 unspecified atom stereocenters. The molecule has 0 aromatic rings. The van der Waals surface area contributed by atoms with Gasteiger partial charge >= 0.3 is 12.2 Å². The lowest BCUT2D eigenvalue weighted by Crippen LogP contribution is -2.70. The van der Waals surface area contributed by atoms with Gasteiger partial charge in [-0.05, 0) is 72.8 Å². The number of nitrogens with one attached hydrogen (secondary N) is 4. The topological polar surface area (TPSA) is 345 Å². The van der Waals surface area contributed by atoms with Crippen molar-refractivity contribution in [1.82, 2.24) is 26.2 Å². The van der Waals surface area contributed by atoms with Gasteiger partial charge < -0.3 is 91.6 Å². The Balaban J connectivity index is 1.80. The van der Waals surface area contributed by atoms with E-state index < -0.39 is 127 Å². The van der Waals surface area contributed by atoms with E-state index in [9.17, 15) is 49.5 Å². The average Bonchev–Trinajstić information content (AvgIpc) is 3.14. The molecular weight excluding hydrogens is 846 g/mol. The number of hydrogen-bond acceptors (Lipinski definition) is 18. The number of rotatable bonds is 15. The van der Waals surface area contributed by atoms with Crippen LogP contribution < -0.4 is 32.7 Å². The highest BCUT2D eigenvalue weighted by molar-refractivity contribution is 5.83. The van der Waals surface area contributed by atoms with E-state index in [1.807, 2.05) is 20.8 Å². The van der Waals surface area contributed by atoms with E-state index >= 15 is 0 Å². The van der Waals surface area contributed by atoms with E-state index in [0.29, 0.717) is 0 Å². The third-order valence-electron chi connectivity index (χ3n) is 10.1. The van der Waals surface area contributed by atoms with Crippen LogP contribution in [0.4, 0.5) is 9.59 Å². The highest BCUT2D eigenvalue weighted by Crippen LogP contribution is 2.34. The summed E-state index contributed by atoms with van der Waals surface area (Å²) in [6.07, 6.45) is -12.7. The van der Waals surface area contributed by atoms with E-state index in [4.69, 9.17) is 39.9 Å². The maximum absolute atomic E-state index is 13.3. The summed E-state index contributed by atoms with van der Waals surface area (Å²) < 4.78 is 34.7. The van der Waals surface area contributed by atoms with Gasteiger partial charge in [0.05, 0.1) is 44.4 Å². The second kappa shape index (κ2) is 22.1. The predicted molar refractivity (Wildman–Crippen MR) is 226 cm³/mol. The largest absolute Gasteiger partial charge is 0.466 e. The third kappa shape index (κ3) is 16.5. The summed E-state index contributed by atoms with van der Waals surface area (Å²) in [6.45, 7) is 15.2. The first kappa shape index (κ1) is 54.4. The number of likely N-dealkylation sites (N-methyl/N-ethyl adjacent to an activating group) is 1. The molecule has 0 aromatic carbocycles. The maximum Gasteiger partial charge on any atom is 0.410 e. The number of alkyl carbamates (subject to hydrolysis) is 1. The van der Waals surface area contributed by atoms with Crippen LogP contribution in [0.2, 0.25) is 0 Å². The van der Waals surface area contributed by atoms with Crippen molar-refractivity contribution in [3.05, 3.63) is 11.8 Å². The summed E-state index contributed by atoms with van der Waals surface area (Å²) >= 11 is 0. The first-order chi connectivity index (χ1) is 29.3. The highest BCUT2D eigenvalue weighted by atomic mass is 16.7. The van der Waals surface area contributed by atoms with Gasteiger partial charge in [0.25, 0.3) is 11.8 Å². The zero-order chi connectivity index (χ0) is 48.7. The van der Waals surface area contributed by atoms with Crippen molar-refractivity contribution in [3.63, 3.8) is 0 Å². The van der Waals surface area contributed by atoms with Gasteiger partial charge in [0, 0.05) is 19.5 Å². The molecule has 1 saturated heterocycles. The normalized spacial score (nSPS) is 30.9. The van der Waals surface area contributed by atoms with Crippen LogP contribution in [0, 0.1) is 5.41 Å². The van der Waals surface area contributed by atoms with E-state index in [1.54, 1.807) is 47.6 Å². The summed E-state index contributed by atoms with van der Waals surface area (Å²) in [5.41, 5.74) is 9.00. The van der Waals surface area contributed by atoms with E-state index in [1.165, 1.54) is 14.0 Å². The van der Waals surface area contributed by atoms with Crippen molar-refractivity contribution in [2.45, 2.75) is 179 Å². The number of ether oxygens (including phenoxy) is 6. The standard InChI is InChI=1S/C41H73N7O16/c1-38(2,3)15-26(51)44-17-24(49)32(54)45-16-20-12-13-21(42)34(60-20)61-29-22(43)14-23(47-33(55)25(50)18-46-36(56)63-39(4,5)6)30(27(29)52)62-35-28(53)31(41(10,58)19-59-35)48(11)37(57)64-40(7,8)9/h12,21-25,27-31,34-35,49-50,52-53,58H,13-19,42-43H2,1-11H3,(H,44,51)(H,45,54)(H,46,56)(H,47,55)/t21-,22+,23-,24?,25+,27+,28-,29-,30+,31-,34-,35-,41+/m1/s1. The molecule has 13 N–H and O–H groups in total. The molecule has 23 nitrogen and oxygen atoms in total. The van der Waals surface area contributed by atoms with Gasteiger partial charge in [-0.1, -0.05) is 20.8 Å². The van der Waals surface area contributed by atoms with Gasteiger partial charge in [0.1, 0.15) is 59.2 Å². The summed E-state index contributed by atoms with van der Waals surface area (Å²) in [7, 11) is 1.31. The molecule has 2 aliphatic heterocycles. The third-order valence-corrected chi connectivity index (χ3v) is 10.1. The Morgan fingerprint density at radius 1 is 0.844 bits per heavy atom. The van der Waals surface area contributed by atoms with Gasteiger partial charge in [-0.15, -0.1) is 0 Å². The molecule has 3 rings (SSSR count). The van der Waals surface area contributed by atoms with Crippen LogP contribution in [0.25, 0.3) is 0 Å². The number of carbonyl (C=O) groups is 5. The second-order valence-electron chi connectivity index (χ2n) is 20.0. The lowest BCUT2D eigenvalue weighted by Gasteiger charge is -2.50. The smallest absolute Gasteiger partial charge is 0.410 e. The monoisotopic (exact) mass is 920 g/mol. The molecule has 1 saturated carbocycles. The van der Waals surface area contributed by atoms with Crippen molar-refractivity contribution in [2.75, 3.05) is 33.3 Å². The molecule has 0 aromatic heterocycles. The van der Waals surface area contributed by atoms with E-state index in [-0.39, 0.29) is 49.4 Å². The Kier molecular flexibility index (Phi) is 18.8. The number of nitrogens with two attached hydrogens (primary N) is 2. The molecule has 368 valence electrons. The molecule has 23 heteroatoms. The molecule has 3 aliphatic rings. The highest BCUT2D eigenvalue weighted by Gasteiger charge is 2.54. The van der Waals surface area contributed by atoms with Crippen LogP contribution in [-0.4, -0.2) is 184 Å².